The molecule has 2 aromatic heterocycles. The highest BCUT2D eigenvalue weighted by Gasteiger charge is 2.32. The summed E-state index contributed by atoms with van der Waals surface area (Å²) in [6, 6.07) is 5.82. The van der Waals surface area contributed by atoms with Crippen LogP contribution >= 0.6 is 0 Å². The Bertz CT molecular complexity index is 1360. The zero-order valence-electron chi connectivity index (χ0n) is 32.4. The van der Waals surface area contributed by atoms with Crippen LogP contribution in [0.2, 0.25) is 0 Å². The Balaban J connectivity index is 0.00000137. The molecule has 2 saturated heterocycles. The lowest BCUT2D eigenvalue weighted by molar-refractivity contribution is -0.0253. The van der Waals surface area contributed by atoms with E-state index in [4.69, 9.17) is 19.2 Å². The number of aromatic nitrogens is 3. The van der Waals surface area contributed by atoms with Gasteiger partial charge in [0.2, 0.25) is 5.95 Å². The molecule has 5 rings (SSSR count). The average Bonchev–Trinajstić information content (AvgIpc) is 3.71. The van der Waals surface area contributed by atoms with Crippen molar-refractivity contribution < 1.29 is 19.0 Å². The van der Waals surface area contributed by atoms with Gasteiger partial charge in [0.1, 0.15) is 18.2 Å². The first-order valence-electron chi connectivity index (χ1n) is 18.5. The second kappa shape index (κ2) is 22.1. The van der Waals surface area contributed by atoms with Gasteiger partial charge in [0.25, 0.3) is 0 Å². The van der Waals surface area contributed by atoms with Gasteiger partial charge >= 0.3 is 6.09 Å². The first-order valence-corrected chi connectivity index (χ1v) is 18.5. The van der Waals surface area contributed by atoms with E-state index in [2.05, 4.69) is 52.3 Å². The monoisotopic (exact) mass is 693 g/mol. The van der Waals surface area contributed by atoms with E-state index >= 15 is 0 Å². The lowest BCUT2D eigenvalue weighted by atomic mass is 9.99. The van der Waals surface area contributed by atoms with Crippen LogP contribution in [0.5, 0.6) is 0 Å². The third-order valence-electron chi connectivity index (χ3n) is 8.11. The van der Waals surface area contributed by atoms with Gasteiger partial charge in [-0.05, 0) is 89.4 Å². The molecule has 1 aliphatic carbocycles. The van der Waals surface area contributed by atoms with Gasteiger partial charge in [-0.15, -0.1) is 0 Å². The molecular formula is C39H63N7O4. The van der Waals surface area contributed by atoms with E-state index in [1.807, 2.05) is 110 Å². The van der Waals surface area contributed by atoms with Crippen molar-refractivity contribution in [2.45, 2.75) is 118 Å². The number of cyclic esters (lactones) is 1. The van der Waals surface area contributed by atoms with E-state index < -0.39 is 0 Å². The molecule has 2 aromatic rings. The van der Waals surface area contributed by atoms with Crippen molar-refractivity contribution in [2.75, 3.05) is 48.5 Å². The zero-order chi connectivity index (χ0) is 37.1. The molecule has 11 nitrogen and oxygen atoms in total. The molecule has 278 valence electrons. The molecule has 0 aromatic carbocycles. The smallest absolute Gasteiger partial charge is 0.415 e. The van der Waals surface area contributed by atoms with E-state index in [1.165, 1.54) is 0 Å². The van der Waals surface area contributed by atoms with Gasteiger partial charge in [0, 0.05) is 37.7 Å². The molecule has 50 heavy (non-hydrogen) atoms. The number of pyridine rings is 1. The number of nitrogens with one attached hydrogen (secondary N) is 2. The second-order valence-electron chi connectivity index (χ2n) is 12.3. The largest absolute Gasteiger partial charge is 0.447 e. The Kier molecular flexibility index (Phi) is 18.7. The minimum Gasteiger partial charge on any atom is -0.447 e. The summed E-state index contributed by atoms with van der Waals surface area (Å²) in [4.78, 5) is 29.7. The molecule has 0 bridgehead atoms. The normalized spacial score (nSPS) is 20.1. The van der Waals surface area contributed by atoms with Crippen molar-refractivity contribution in [2.24, 2.45) is 0 Å². The number of allylic oxidation sites excluding steroid dienone is 3. The minimum atomic E-state index is -0.359. The topological polar surface area (TPSA) is 114 Å². The summed E-state index contributed by atoms with van der Waals surface area (Å²) in [5, 5.41) is 6.61. The third-order valence-corrected chi connectivity index (χ3v) is 8.11. The fourth-order valence-corrected chi connectivity index (χ4v) is 5.56. The zero-order valence-corrected chi connectivity index (χ0v) is 32.4. The lowest BCUT2D eigenvalue weighted by Crippen LogP contribution is -2.38. The van der Waals surface area contributed by atoms with Crippen molar-refractivity contribution in [1.82, 2.24) is 20.3 Å². The maximum absolute atomic E-state index is 12.2. The molecule has 0 radical (unpaired) electrons. The van der Waals surface area contributed by atoms with E-state index in [0.717, 1.165) is 43.0 Å². The van der Waals surface area contributed by atoms with E-state index in [1.54, 1.807) is 4.90 Å². The summed E-state index contributed by atoms with van der Waals surface area (Å²) < 4.78 is 17.6. The Labute approximate surface area is 301 Å². The Morgan fingerprint density at radius 3 is 2.48 bits per heavy atom. The van der Waals surface area contributed by atoms with E-state index in [9.17, 15) is 4.79 Å². The fraction of sp³-hybridized carbons (Fsp3) is 0.590. The number of anilines is 3. The molecule has 11 heteroatoms. The maximum atomic E-state index is 12.2. The van der Waals surface area contributed by atoms with Crippen LogP contribution in [0.15, 0.2) is 66.7 Å². The summed E-state index contributed by atoms with van der Waals surface area (Å²) in [6.45, 7) is 23.2. The Hall–Kier alpha value is -3.80. The summed E-state index contributed by atoms with van der Waals surface area (Å²) >= 11 is 0. The molecular weight excluding hydrogens is 630 g/mol. The molecule has 4 atom stereocenters. The molecule has 1 amide bonds. The Morgan fingerprint density at radius 1 is 1.12 bits per heavy atom. The standard InChI is InChI=1S/C33H45N7O4.3C2H6/c1-23(39(5)29-10-7-11-30(38-29)40-24(2)22-42-32(40)41)18-33(3,4)43-17-15-25-19-35-31(36-20-25)37-26-8-6-9-27(13-12-26)44-28-14-16-34-21-28;3*1-2/h6-13,19-20,23-24,27-28,34H,14-18,21-22H2,1-5H3,(H,35,36,37);3*1-2H3. The second-order valence-corrected chi connectivity index (χ2v) is 12.3. The van der Waals surface area contributed by atoms with Crippen molar-refractivity contribution in [3.05, 3.63) is 72.2 Å². The quantitative estimate of drug-likeness (QED) is 0.216. The predicted molar refractivity (Wildman–Crippen MR) is 206 cm³/mol. The van der Waals surface area contributed by atoms with Gasteiger partial charge in [-0.2, -0.15) is 0 Å². The number of carbonyl (C=O) groups excluding carboxylic acids is 1. The number of hydrogen-bond donors (Lipinski definition) is 2. The number of hydrogen-bond acceptors (Lipinski definition) is 10. The molecule has 4 heterocycles. The van der Waals surface area contributed by atoms with E-state index in [0.29, 0.717) is 31.4 Å². The van der Waals surface area contributed by atoms with Crippen LogP contribution in [-0.4, -0.2) is 84.3 Å². The maximum Gasteiger partial charge on any atom is 0.415 e. The lowest BCUT2D eigenvalue weighted by Gasteiger charge is -2.34. The van der Waals surface area contributed by atoms with Crippen LogP contribution in [0.25, 0.3) is 0 Å². The van der Waals surface area contributed by atoms with Gasteiger partial charge in [-0.25, -0.2) is 19.7 Å². The summed E-state index contributed by atoms with van der Waals surface area (Å²) in [7, 11) is 2.02. The van der Waals surface area contributed by atoms with Gasteiger partial charge in [-0.1, -0.05) is 59.8 Å². The van der Waals surface area contributed by atoms with Crippen LogP contribution in [-0.2, 0) is 20.6 Å². The summed E-state index contributed by atoms with van der Waals surface area (Å²) in [5.41, 5.74) is 1.56. The van der Waals surface area contributed by atoms with Gasteiger partial charge in [0.15, 0.2) is 0 Å². The molecule has 2 N–H and O–H groups in total. The SMILES string of the molecule is CC.CC.CC.CC(CC(C)(C)OCCc1cnc(NC2=CC=CC(OC3CCNC3)C=C2)nc1)N(C)c1cccc(N2C(=O)OCC2C)n1. The Morgan fingerprint density at radius 2 is 1.84 bits per heavy atom. The van der Waals surface area contributed by atoms with Crippen molar-refractivity contribution in [1.29, 1.82) is 0 Å². The summed E-state index contributed by atoms with van der Waals surface area (Å²) in [6.07, 6.45) is 16.2. The molecule has 2 aliphatic heterocycles. The fourth-order valence-electron chi connectivity index (χ4n) is 5.56. The number of carbonyl (C=O) groups is 1. The highest BCUT2D eigenvalue weighted by molar-refractivity contribution is 5.89. The number of ether oxygens (including phenoxy) is 3. The third kappa shape index (κ3) is 13.2. The molecule has 0 spiro atoms. The van der Waals surface area contributed by atoms with Crippen LogP contribution in [0.3, 0.4) is 0 Å². The number of nitrogens with zero attached hydrogens (tertiary/aromatic N) is 5. The van der Waals surface area contributed by atoms with Crippen molar-refractivity contribution >= 4 is 23.7 Å². The highest BCUT2D eigenvalue weighted by Crippen LogP contribution is 2.26. The van der Waals surface area contributed by atoms with E-state index in [-0.39, 0.29) is 36.0 Å². The van der Waals surface area contributed by atoms with Crippen molar-refractivity contribution in [3.8, 4) is 0 Å². The molecule has 2 fully saturated rings. The number of rotatable bonds is 13. The predicted octanol–water partition coefficient (Wildman–Crippen LogP) is 7.72. The first-order chi connectivity index (χ1) is 24.2. The van der Waals surface area contributed by atoms with Crippen LogP contribution in [0.1, 0.15) is 87.6 Å². The number of amides is 1. The van der Waals surface area contributed by atoms with Gasteiger partial charge in [-0.3, -0.25) is 4.90 Å². The summed E-state index contributed by atoms with van der Waals surface area (Å²) in [5.74, 6) is 1.94. The van der Waals surface area contributed by atoms with Crippen LogP contribution in [0.4, 0.5) is 22.4 Å². The van der Waals surface area contributed by atoms with Gasteiger partial charge in [0.05, 0.1) is 30.5 Å². The first kappa shape index (κ1) is 42.4. The molecule has 3 aliphatic rings. The average molecular weight is 694 g/mol. The van der Waals surface area contributed by atoms with Gasteiger partial charge < -0.3 is 29.7 Å². The van der Waals surface area contributed by atoms with Crippen LogP contribution in [0, 0.1) is 0 Å². The van der Waals surface area contributed by atoms with Crippen LogP contribution < -0.4 is 20.4 Å². The molecule has 4 unspecified atom stereocenters. The molecule has 0 saturated carbocycles. The highest BCUT2D eigenvalue weighted by atomic mass is 16.6. The minimum absolute atomic E-state index is 0.0413. The van der Waals surface area contributed by atoms with Crippen molar-refractivity contribution in [3.63, 3.8) is 0 Å².